The van der Waals surface area contributed by atoms with Gasteiger partial charge in [0, 0.05) is 29.3 Å². The molecule has 2 heteroatoms. The summed E-state index contributed by atoms with van der Waals surface area (Å²) in [5.41, 5.74) is 4.41. The van der Waals surface area contributed by atoms with Crippen LogP contribution in [0.3, 0.4) is 0 Å². The van der Waals surface area contributed by atoms with Crippen LogP contribution in [0.15, 0.2) is 36.7 Å². The summed E-state index contributed by atoms with van der Waals surface area (Å²) >= 11 is 0. The Bertz CT molecular complexity index is 415. The van der Waals surface area contributed by atoms with Crippen LogP contribution in [-0.2, 0) is 0 Å². The SMILES string of the molecule is CC.Cc1cc(-c2cccnc2)cc(C)n1. The van der Waals surface area contributed by atoms with Crippen LogP contribution in [0.4, 0.5) is 0 Å². The van der Waals surface area contributed by atoms with E-state index in [1.807, 2.05) is 40.0 Å². The molecule has 0 N–H and O–H groups in total. The second kappa shape index (κ2) is 6.01. The van der Waals surface area contributed by atoms with Gasteiger partial charge < -0.3 is 0 Å². The highest BCUT2D eigenvalue weighted by Crippen LogP contribution is 2.19. The number of nitrogens with zero attached hydrogens (tertiary/aromatic N) is 2. The fourth-order valence-corrected chi connectivity index (χ4v) is 1.53. The van der Waals surface area contributed by atoms with Crippen molar-refractivity contribution in [3.05, 3.63) is 48.0 Å². The molecule has 0 amide bonds. The van der Waals surface area contributed by atoms with E-state index in [9.17, 15) is 0 Å². The van der Waals surface area contributed by atoms with E-state index in [1.54, 1.807) is 6.20 Å². The Morgan fingerprint density at radius 2 is 1.56 bits per heavy atom. The van der Waals surface area contributed by atoms with Crippen LogP contribution < -0.4 is 0 Å². The quantitative estimate of drug-likeness (QED) is 0.721. The molecule has 0 spiro atoms. The molecule has 2 rings (SSSR count). The minimum atomic E-state index is 1.05. The van der Waals surface area contributed by atoms with E-state index in [-0.39, 0.29) is 0 Å². The van der Waals surface area contributed by atoms with Gasteiger partial charge in [0.25, 0.3) is 0 Å². The summed E-state index contributed by atoms with van der Waals surface area (Å²) in [6.07, 6.45) is 3.65. The molecule has 0 fully saturated rings. The zero-order chi connectivity index (χ0) is 12.0. The van der Waals surface area contributed by atoms with E-state index in [1.165, 1.54) is 5.56 Å². The highest BCUT2D eigenvalue weighted by Gasteiger charge is 1.99. The Kier molecular flexibility index (Phi) is 4.65. The zero-order valence-corrected chi connectivity index (χ0v) is 10.4. The van der Waals surface area contributed by atoms with E-state index >= 15 is 0 Å². The molecule has 0 aromatic carbocycles. The number of pyridine rings is 2. The van der Waals surface area contributed by atoms with E-state index in [0.717, 1.165) is 17.0 Å². The first-order chi connectivity index (χ1) is 7.75. The molecule has 0 unspecified atom stereocenters. The first kappa shape index (κ1) is 12.4. The average molecular weight is 214 g/mol. The molecule has 0 aliphatic heterocycles. The molecular formula is C14H18N2. The Morgan fingerprint density at radius 3 is 2.06 bits per heavy atom. The summed E-state index contributed by atoms with van der Waals surface area (Å²) in [6.45, 7) is 8.01. The van der Waals surface area contributed by atoms with E-state index in [0.29, 0.717) is 0 Å². The van der Waals surface area contributed by atoms with Gasteiger partial charge >= 0.3 is 0 Å². The van der Waals surface area contributed by atoms with Gasteiger partial charge in [0.1, 0.15) is 0 Å². The molecule has 0 atom stereocenters. The van der Waals surface area contributed by atoms with Crippen molar-refractivity contribution >= 4 is 0 Å². The van der Waals surface area contributed by atoms with Crippen LogP contribution in [0, 0.1) is 13.8 Å². The predicted octanol–water partition coefficient (Wildman–Crippen LogP) is 3.79. The molecule has 0 saturated heterocycles. The van der Waals surface area contributed by atoms with Gasteiger partial charge in [-0.2, -0.15) is 0 Å². The standard InChI is InChI=1S/C12H12N2.C2H6/c1-9-6-12(7-10(2)14-9)11-4-3-5-13-8-11;1-2/h3-8H,1-2H3;1-2H3. The summed E-state index contributed by atoms with van der Waals surface area (Å²) in [6, 6.07) is 8.15. The maximum absolute atomic E-state index is 4.34. The highest BCUT2D eigenvalue weighted by molar-refractivity contribution is 5.62. The lowest BCUT2D eigenvalue weighted by molar-refractivity contribution is 1.12. The molecule has 0 saturated carbocycles. The molecule has 0 aliphatic rings. The molecule has 84 valence electrons. The second-order valence-corrected chi connectivity index (χ2v) is 3.38. The van der Waals surface area contributed by atoms with Crippen molar-refractivity contribution in [2.24, 2.45) is 0 Å². The van der Waals surface area contributed by atoms with Crippen LogP contribution in [0.1, 0.15) is 25.2 Å². The Labute approximate surface area is 97.4 Å². The van der Waals surface area contributed by atoms with Crippen molar-refractivity contribution in [1.29, 1.82) is 0 Å². The van der Waals surface area contributed by atoms with Crippen molar-refractivity contribution in [1.82, 2.24) is 9.97 Å². The molecule has 2 aromatic heterocycles. The normalized spacial score (nSPS) is 9.25. The number of aromatic nitrogens is 2. The highest BCUT2D eigenvalue weighted by atomic mass is 14.7. The number of hydrogen-bond donors (Lipinski definition) is 0. The predicted molar refractivity (Wildman–Crippen MR) is 68.3 cm³/mol. The Balaban J connectivity index is 0.000000606. The van der Waals surface area contributed by atoms with Gasteiger partial charge in [-0.3, -0.25) is 9.97 Å². The number of aryl methyl sites for hydroxylation is 2. The fraction of sp³-hybridized carbons (Fsp3) is 0.286. The lowest BCUT2D eigenvalue weighted by Crippen LogP contribution is -1.88. The maximum atomic E-state index is 4.34. The van der Waals surface area contributed by atoms with E-state index < -0.39 is 0 Å². The van der Waals surface area contributed by atoms with E-state index in [4.69, 9.17) is 0 Å². The third-order valence-electron chi connectivity index (χ3n) is 2.08. The molecule has 0 bridgehead atoms. The van der Waals surface area contributed by atoms with Gasteiger partial charge in [-0.25, -0.2) is 0 Å². The van der Waals surface area contributed by atoms with Gasteiger partial charge in [-0.15, -0.1) is 0 Å². The summed E-state index contributed by atoms with van der Waals surface area (Å²) < 4.78 is 0. The number of hydrogen-bond acceptors (Lipinski definition) is 2. The minimum Gasteiger partial charge on any atom is -0.264 e. The number of rotatable bonds is 1. The van der Waals surface area contributed by atoms with Gasteiger partial charge in [0.15, 0.2) is 0 Å². The van der Waals surface area contributed by atoms with Crippen LogP contribution >= 0.6 is 0 Å². The van der Waals surface area contributed by atoms with Gasteiger partial charge in [-0.1, -0.05) is 19.9 Å². The molecule has 16 heavy (non-hydrogen) atoms. The van der Waals surface area contributed by atoms with Crippen LogP contribution in [0.5, 0.6) is 0 Å². The Hall–Kier alpha value is -1.70. The summed E-state index contributed by atoms with van der Waals surface area (Å²) in [5, 5.41) is 0. The molecule has 2 heterocycles. The van der Waals surface area contributed by atoms with Crippen LogP contribution in [-0.4, -0.2) is 9.97 Å². The Morgan fingerprint density at radius 1 is 0.938 bits per heavy atom. The summed E-state index contributed by atoms with van der Waals surface area (Å²) in [4.78, 5) is 8.44. The van der Waals surface area contributed by atoms with Gasteiger partial charge in [-0.05, 0) is 37.6 Å². The largest absolute Gasteiger partial charge is 0.264 e. The van der Waals surface area contributed by atoms with Gasteiger partial charge in [0.05, 0.1) is 0 Å². The van der Waals surface area contributed by atoms with Crippen LogP contribution in [0.25, 0.3) is 11.1 Å². The minimum absolute atomic E-state index is 1.05. The van der Waals surface area contributed by atoms with Crippen molar-refractivity contribution in [2.45, 2.75) is 27.7 Å². The van der Waals surface area contributed by atoms with Crippen molar-refractivity contribution in [3.8, 4) is 11.1 Å². The lowest BCUT2D eigenvalue weighted by atomic mass is 10.1. The fourth-order valence-electron chi connectivity index (χ4n) is 1.53. The molecule has 0 radical (unpaired) electrons. The van der Waals surface area contributed by atoms with Crippen molar-refractivity contribution < 1.29 is 0 Å². The van der Waals surface area contributed by atoms with E-state index in [2.05, 4.69) is 28.2 Å². The molecule has 2 aromatic rings. The van der Waals surface area contributed by atoms with Crippen molar-refractivity contribution in [3.63, 3.8) is 0 Å². The van der Waals surface area contributed by atoms with Crippen LogP contribution in [0.2, 0.25) is 0 Å². The summed E-state index contributed by atoms with van der Waals surface area (Å²) in [5.74, 6) is 0. The monoisotopic (exact) mass is 214 g/mol. The summed E-state index contributed by atoms with van der Waals surface area (Å²) in [7, 11) is 0. The first-order valence-electron chi connectivity index (χ1n) is 5.61. The molecule has 0 aliphatic carbocycles. The second-order valence-electron chi connectivity index (χ2n) is 3.38. The maximum Gasteiger partial charge on any atom is 0.0382 e. The average Bonchev–Trinajstić information content (AvgIpc) is 2.32. The van der Waals surface area contributed by atoms with Gasteiger partial charge in [0.2, 0.25) is 0 Å². The smallest absolute Gasteiger partial charge is 0.0382 e. The first-order valence-corrected chi connectivity index (χ1v) is 5.61. The molecular weight excluding hydrogens is 196 g/mol. The topological polar surface area (TPSA) is 25.8 Å². The lowest BCUT2D eigenvalue weighted by Gasteiger charge is -2.03. The van der Waals surface area contributed by atoms with Crippen molar-refractivity contribution in [2.75, 3.05) is 0 Å². The molecule has 2 nitrogen and oxygen atoms in total. The third-order valence-corrected chi connectivity index (χ3v) is 2.08. The third kappa shape index (κ3) is 3.16. The zero-order valence-electron chi connectivity index (χ0n) is 10.4.